The number of anilines is 1. The molecule has 5 rings (SSSR count). The van der Waals surface area contributed by atoms with Gasteiger partial charge in [-0.15, -0.1) is 0 Å². The van der Waals surface area contributed by atoms with Gasteiger partial charge in [-0.3, -0.25) is 0 Å². The third kappa shape index (κ3) is 2.84. The maximum absolute atomic E-state index is 11.7. The van der Waals surface area contributed by atoms with Crippen LogP contribution in [-0.2, 0) is 12.1 Å². The van der Waals surface area contributed by atoms with E-state index >= 15 is 0 Å². The van der Waals surface area contributed by atoms with Crippen LogP contribution in [0.3, 0.4) is 0 Å². The van der Waals surface area contributed by atoms with Crippen molar-refractivity contribution in [2.75, 3.05) is 5.32 Å². The number of benzene rings is 2. The van der Waals surface area contributed by atoms with Gasteiger partial charge in [-0.25, -0.2) is 9.78 Å². The van der Waals surface area contributed by atoms with E-state index in [0.29, 0.717) is 6.54 Å². The van der Waals surface area contributed by atoms with Gasteiger partial charge in [0.2, 0.25) is 0 Å². The van der Waals surface area contributed by atoms with Crippen molar-refractivity contribution in [3.05, 3.63) is 71.9 Å². The molecule has 2 heterocycles. The quantitative estimate of drug-likeness (QED) is 0.640. The number of urea groups is 1. The largest absolute Gasteiger partial charge is 0.332 e. The van der Waals surface area contributed by atoms with Gasteiger partial charge in [-0.1, -0.05) is 54.6 Å². The zero-order valence-electron chi connectivity index (χ0n) is 15.5. The molecular formula is C23H22N4O. The van der Waals surface area contributed by atoms with E-state index in [4.69, 9.17) is 10.7 Å². The van der Waals surface area contributed by atoms with Crippen LogP contribution in [0.2, 0.25) is 0 Å². The summed E-state index contributed by atoms with van der Waals surface area (Å²) in [6.07, 6.45) is 3.29. The smallest absolute Gasteiger partial charge is 0.319 e. The molecule has 0 spiro atoms. The van der Waals surface area contributed by atoms with E-state index < -0.39 is 0 Å². The lowest BCUT2D eigenvalue weighted by molar-refractivity contribution is 0.250. The van der Waals surface area contributed by atoms with Crippen molar-refractivity contribution in [1.29, 1.82) is 0 Å². The topological polar surface area (TPSA) is 80.0 Å². The third-order valence-corrected chi connectivity index (χ3v) is 5.83. The van der Waals surface area contributed by atoms with Crippen LogP contribution in [0.5, 0.6) is 0 Å². The molecule has 0 bridgehead atoms. The number of carbonyl (C=O) groups excluding carboxylic acids is 1. The Bertz CT molecular complexity index is 1040. The number of nitrogens with one attached hydrogen (secondary N) is 2. The molecule has 0 radical (unpaired) electrons. The van der Waals surface area contributed by atoms with Gasteiger partial charge < -0.3 is 16.4 Å². The van der Waals surface area contributed by atoms with Gasteiger partial charge in [0.1, 0.15) is 0 Å². The van der Waals surface area contributed by atoms with Gasteiger partial charge in [0, 0.05) is 16.7 Å². The van der Waals surface area contributed by atoms with Gasteiger partial charge >= 0.3 is 6.03 Å². The van der Waals surface area contributed by atoms with Crippen LogP contribution in [0, 0.1) is 0 Å². The van der Waals surface area contributed by atoms with Crippen molar-refractivity contribution >= 4 is 11.7 Å². The number of pyridine rings is 1. The zero-order chi connectivity index (χ0) is 19.1. The summed E-state index contributed by atoms with van der Waals surface area (Å²) in [4.78, 5) is 16.6. The first-order valence-corrected chi connectivity index (χ1v) is 9.66. The van der Waals surface area contributed by atoms with Crippen LogP contribution >= 0.6 is 0 Å². The standard InChI is InChI=1S/C23H22N4O/c24-23(11-4-12-23)17-9-7-16(8-10-17)21-18(15-5-2-1-3-6-15)13-19-20(26-21)14-25-22(28)27-19/h1-3,5-10,13H,4,11-12,14,24H2,(H2,25,27,28). The highest BCUT2D eigenvalue weighted by molar-refractivity contribution is 5.94. The number of amides is 2. The Balaban J connectivity index is 1.62. The van der Waals surface area contributed by atoms with E-state index in [0.717, 1.165) is 46.6 Å². The number of hydrogen-bond acceptors (Lipinski definition) is 3. The Morgan fingerprint density at radius 2 is 1.71 bits per heavy atom. The fourth-order valence-electron chi connectivity index (χ4n) is 3.99. The number of hydrogen-bond donors (Lipinski definition) is 3. The molecule has 1 aromatic heterocycles. The number of nitrogens with zero attached hydrogens (tertiary/aromatic N) is 1. The second-order valence-corrected chi connectivity index (χ2v) is 7.64. The van der Waals surface area contributed by atoms with Gasteiger partial charge in [-0.2, -0.15) is 0 Å². The molecule has 3 aromatic rings. The monoisotopic (exact) mass is 370 g/mol. The van der Waals surface area contributed by atoms with E-state index in [1.165, 1.54) is 12.0 Å². The number of fused-ring (bicyclic) bond motifs is 1. The highest BCUT2D eigenvalue weighted by Gasteiger charge is 2.34. The minimum Gasteiger partial charge on any atom is -0.332 e. The molecule has 0 saturated heterocycles. The average molecular weight is 370 g/mol. The van der Waals surface area contributed by atoms with Crippen LogP contribution in [-0.4, -0.2) is 11.0 Å². The first-order valence-electron chi connectivity index (χ1n) is 9.66. The third-order valence-electron chi connectivity index (χ3n) is 5.83. The number of carbonyl (C=O) groups is 1. The summed E-state index contributed by atoms with van der Waals surface area (Å²) in [5.41, 5.74) is 13.1. The predicted molar refractivity (Wildman–Crippen MR) is 111 cm³/mol. The molecule has 28 heavy (non-hydrogen) atoms. The van der Waals surface area contributed by atoms with Gasteiger partial charge in [0.15, 0.2) is 0 Å². The Morgan fingerprint density at radius 1 is 0.964 bits per heavy atom. The second kappa shape index (κ2) is 6.46. The molecule has 2 aromatic carbocycles. The molecule has 5 nitrogen and oxygen atoms in total. The Hall–Kier alpha value is -3.18. The van der Waals surface area contributed by atoms with Crippen molar-refractivity contribution in [2.24, 2.45) is 5.73 Å². The van der Waals surface area contributed by atoms with Gasteiger partial charge in [0.05, 0.1) is 23.6 Å². The van der Waals surface area contributed by atoms with Crippen molar-refractivity contribution in [3.63, 3.8) is 0 Å². The molecule has 1 fully saturated rings. The molecule has 2 amide bonds. The first kappa shape index (κ1) is 17.0. The Morgan fingerprint density at radius 3 is 2.39 bits per heavy atom. The lowest BCUT2D eigenvalue weighted by Crippen LogP contribution is -2.43. The lowest BCUT2D eigenvalue weighted by Gasteiger charge is -2.38. The van der Waals surface area contributed by atoms with Gasteiger partial charge in [-0.05, 0) is 36.5 Å². The fraction of sp³-hybridized carbons (Fsp3) is 0.217. The fourth-order valence-corrected chi connectivity index (χ4v) is 3.99. The van der Waals surface area contributed by atoms with Crippen molar-refractivity contribution in [3.8, 4) is 22.4 Å². The molecule has 5 heteroatoms. The summed E-state index contributed by atoms with van der Waals surface area (Å²) in [7, 11) is 0. The van der Waals surface area contributed by atoms with Crippen molar-refractivity contribution < 1.29 is 4.79 Å². The van der Waals surface area contributed by atoms with E-state index in [1.54, 1.807) is 0 Å². The number of aromatic nitrogens is 1. The minimum atomic E-state index is -0.195. The van der Waals surface area contributed by atoms with E-state index in [-0.39, 0.29) is 11.6 Å². The summed E-state index contributed by atoms with van der Waals surface area (Å²) in [5, 5.41) is 5.66. The number of nitrogens with two attached hydrogens (primary N) is 1. The minimum absolute atomic E-state index is 0.168. The molecule has 1 aliphatic heterocycles. The summed E-state index contributed by atoms with van der Waals surface area (Å²) in [6, 6.07) is 20.4. The summed E-state index contributed by atoms with van der Waals surface area (Å²) >= 11 is 0. The van der Waals surface area contributed by atoms with E-state index in [2.05, 4.69) is 47.0 Å². The van der Waals surface area contributed by atoms with Crippen molar-refractivity contribution in [1.82, 2.24) is 10.3 Å². The summed E-state index contributed by atoms with van der Waals surface area (Å²) < 4.78 is 0. The summed E-state index contributed by atoms with van der Waals surface area (Å²) in [6.45, 7) is 0.424. The molecule has 2 aliphatic rings. The van der Waals surface area contributed by atoms with Crippen LogP contribution in [0.1, 0.15) is 30.5 Å². The maximum atomic E-state index is 11.7. The second-order valence-electron chi connectivity index (χ2n) is 7.64. The maximum Gasteiger partial charge on any atom is 0.319 e. The molecule has 0 atom stereocenters. The van der Waals surface area contributed by atoms with Crippen LogP contribution in [0.25, 0.3) is 22.4 Å². The first-order chi connectivity index (χ1) is 13.6. The zero-order valence-corrected chi connectivity index (χ0v) is 15.5. The normalized spacial score (nSPS) is 17.1. The molecule has 0 unspecified atom stereocenters. The number of rotatable bonds is 3. The SMILES string of the molecule is NC1(c2ccc(-c3nc4c(cc3-c3ccccc3)NC(=O)NC4)cc2)CCC1. The molecule has 140 valence electrons. The highest BCUT2D eigenvalue weighted by Crippen LogP contribution is 2.40. The van der Waals surface area contributed by atoms with Gasteiger partial charge in [0.25, 0.3) is 0 Å². The Kier molecular flexibility index (Phi) is 3.91. The van der Waals surface area contributed by atoms with Crippen LogP contribution in [0.4, 0.5) is 10.5 Å². The average Bonchev–Trinajstić information content (AvgIpc) is 2.72. The molecule has 1 saturated carbocycles. The highest BCUT2D eigenvalue weighted by atomic mass is 16.2. The lowest BCUT2D eigenvalue weighted by atomic mass is 9.72. The van der Waals surface area contributed by atoms with E-state index in [1.807, 2.05) is 24.3 Å². The molecule has 1 aliphatic carbocycles. The molecule has 4 N–H and O–H groups in total. The predicted octanol–water partition coefficient (Wildman–Crippen LogP) is 4.39. The van der Waals surface area contributed by atoms with E-state index in [9.17, 15) is 4.79 Å². The van der Waals surface area contributed by atoms with Crippen LogP contribution < -0.4 is 16.4 Å². The summed E-state index contributed by atoms with van der Waals surface area (Å²) in [5.74, 6) is 0. The van der Waals surface area contributed by atoms with Crippen molar-refractivity contribution in [2.45, 2.75) is 31.3 Å². The Labute approximate surface area is 164 Å². The molecular weight excluding hydrogens is 348 g/mol. The van der Waals surface area contributed by atoms with Crippen LogP contribution in [0.15, 0.2) is 60.7 Å².